The summed E-state index contributed by atoms with van der Waals surface area (Å²) in [6.45, 7) is 0. The third-order valence-corrected chi connectivity index (χ3v) is 6.06. The Bertz CT molecular complexity index is 1160. The average Bonchev–Trinajstić information content (AvgIpc) is 2.74. The molecule has 0 radical (unpaired) electrons. The standard InChI is InChI=1S/C23H18N4O/c24-11-18-16-7-3-4-8-17(16)21(23(12-25,13-26)22(18)27)20-15-6-2-1-5-14(15)9-10-19(20)28/h1-2,5-7,9-10,17,21,28H,3-4,8,27H2/t17-,21-/m1/s1. The summed E-state index contributed by atoms with van der Waals surface area (Å²) in [6, 6.07) is 17.4. The van der Waals surface area contributed by atoms with Crippen molar-refractivity contribution in [3.63, 3.8) is 0 Å². The topological polar surface area (TPSA) is 118 Å². The van der Waals surface area contributed by atoms with Crippen molar-refractivity contribution < 1.29 is 5.11 Å². The Hall–Kier alpha value is -3.75. The van der Waals surface area contributed by atoms with Gasteiger partial charge in [-0.25, -0.2) is 0 Å². The number of nitriles is 3. The Balaban J connectivity index is 2.13. The number of benzene rings is 2. The normalized spacial score (nSPS) is 23.1. The molecule has 2 aromatic carbocycles. The molecule has 0 aromatic heterocycles. The third-order valence-electron chi connectivity index (χ3n) is 6.06. The first kappa shape index (κ1) is 17.7. The maximum absolute atomic E-state index is 10.8. The highest BCUT2D eigenvalue weighted by Crippen LogP contribution is 2.58. The van der Waals surface area contributed by atoms with E-state index in [4.69, 9.17) is 5.73 Å². The van der Waals surface area contributed by atoms with Crippen LogP contribution in [-0.4, -0.2) is 5.11 Å². The van der Waals surface area contributed by atoms with Gasteiger partial charge in [-0.1, -0.05) is 36.4 Å². The van der Waals surface area contributed by atoms with E-state index >= 15 is 0 Å². The van der Waals surface area contributed by atoms with Gasteiger partial charge in [0.05, 0.1) is 23.4 Å². The minimum absolute atomic E-state index is 0.0123. The fourth-order valence-corrected chi connectivity index (χ4v) is 4.80. The molecule has 28 heavy (non-hydrogen) atoms. The summed E-state index contributed by atoms with van der Waals surface area (Å²) in [4.78, 5) is 0. The molecule has 0 saturated heterocycles. The van der Waals surface area contributed by atoms with Gasteiger partial charge in [0.1, 0.15) is 11.8 Å². The molecule has 0 aliphatic heterocycles. The maximum Gasteiger partial charge on any atom is 0.191 e. The number of hydrogen-bond acceptors (Lipinski definition) is 5. The van der Waals surface area contributed by atoms with Crippen molar-refractivity contribution in [3.05, 3.63) is 64.9 Å². The molecule has 0 fully saturated rings. The Labute approximate surface area is 163 Å². The van der Waals surface area contributed by atoms with Crippen LogP contribution in [0.4, 0.5) is 0 Å². The zero-order chi connectivity index (χ0) is 19.9. The van der Waals surface area contributed by atoms with Gasteiger partial charge in [-0.15, -0.1) is 0 Å². The van der Waals surface area contributed by atoms with Crippen LogP contribution in [-0.2, 0) is 0 Å². The summed E-state index contributed by atoms with van der Waals surface area (Å²) >= 11 is 0. The lowest BCUT2D eigenvalue weighted by Crippen LogP contribution is -2.42. The smallest absolute Gasteiger partial charge is 0.191 e. The predicted molar refractivity (Wildman–Crippen MR) is 104 cm³/mol. The summed E-state index contributed by atoms with van der Waals surface area (Å²) in [5.41, 5.74) is 6.17. The number of nitrogens with zero attached hydrogens (tertiary/aromatic N) is 3. The quantitative estimate of drug-likeness (QED) is 0.786. The van der Waals surface area contributed by atoms with Crippen LogP contribution in [0, 0.1) is 45.3 Å². The van der Waals surface area contributed by atoms with Crippen LogP contribution in [0.2, 0.25) is 0 Å². The van der Waals surface area contributed by atoms with E-state index in [9.17, 15) is 20.9 Å². The van der Waals surface area contributed by atoms with Gasteiger partial charge in [0.25, 0.3) is 0 Å². The second kappa shape index (κ2) is 6.45. The molecule has 3 N–H and O–H groups in total. The minimum atomic E-state index is -1.72. The van der Waals surface area contributed by atoms with Crippen molar-refractivity contribution in [2.24, 2.45) is 17.1 Å². The molecule has 4 rings (SSSR count). The Kier molecular flexibility index (Phi) is 4.07. The lowest BCUT2D eigenvalue weighted by atomic mass is 9.56. The van der Waals surface area contributed by atoms with Gasteiger partial charge in [0, 0.05) is 11.5 Å². The van der Waals surface area contributed by atoms with Gasteiger partial charge < -0.3 is 10.8 Å². The summed E-state index contributed by atoms with van der Waals surface area (Å²) in [5, 5.41) is 42.5. The first-order chi connectivity index (χ1) is 13.6. The van der Waals surface area contributed by atoms with Gasteiger partial charge >= 0.3 is 0 Å². The van der Waals surface area contributed by atoms with Crippen LogP contribution < -0.4 is 5.73 Å². The summed E-state index contributed by atoms with van der Waals surface area (Å²) in [7, 11) is 0. The van der Waals surface area contributed by atoms with Crippen molar-refractivity contribution in [2.45, 2.75) is 25.2 Å². The van der Waals surface area contributed by atoms with Crippen molar-refractivity contribution in [1.82, 2.24) is 0 Å². The monoisotopic (exact) mass is 366 g/mol. The highest BCUT2D eigenvalue weighted by Gasteiger charge is 2.54. The van der Waals surface area contributed by atoms with E-state index in [-0.39, 0.29) is 22.9 Å². The van der Waals surface area contributed by atoms with Crippen LogP contribution in [0.3, 0.4) is 0 Å². The molecule has 0 spiro atoms. The van der Waals surface area contributed by atoms with E-state index in [2.05, 4.69) is 18.2 Å². The summed E-state index contributed by atoms with van der Waals surface area (Å²) < 4.78 is 0. The number of phenols is 1. The second-order valence-electron chi connectivity index (χ2n) is 7.33. The van der Waals surface area contributed by atoms with E-state index in [0.717, 1.165) is 35.6 Å². The fourth-order valence-electron chi connectivity index (χ4n) is 4.80. The Morgan fingerprint density at radius 2 is 1.82 bits per heavy atom. The predicted octanol–water partition coefficient (Wildman–Crippen LogP) is 4.14. The molecule has 0 amide bonds. The number of aromatic hydroxyl groups is 1. The van der Waals surface area contributed by atoms with E-state index in [1.807, 2.05) is 36.4 Å². The first-order valence-electron chi connectivity index (χ1n) is 9.23. The maximum atomic E-state index is 10.8. The lowest BCUT2D eigenvalue weighted by Gasteiger charge is -2.43. The molecule has 5 nitrogen and oxygen atoms in total. The average molecular weight is 366 g/mol. The fraction of sp³-hybridized carbons (Fsp3) is 0.261. The third kappa shape index (κ3) is 2.22. The molecule has 0 saturated carbocycles. The molecule has 0 unspecified atom stereocenters. The van der Waals surface area contributed by atoms with Crippen molar-refractivity contribution in [1.29, 1.82) is 15.8 Å². The van der Waals surface area contributed by atoms with Crippen LogP contribution in [0.1, 0.15) is 30.7 Å². The van der Waals surface area contributed by atoms with E-state index in [0.29, 0.717) is 5.56 Å². The van der Waals surface area contributed by atoms with Crippen molar-refractivity contribution >= 4 is 10.8 Å². The van der Waals surface area contributed by atoms with Gasteiger partial charge in [-0.05, 0) is 47.6 Å². The number of phenolic OH excluding ortho intramolecular Hbond substituents is 1. The highest BCUT2D eigenvalue weighted by molar-refractivity contribution is 5.89. The molecule has 2 aliphatic rings. The molecule has 2 aromatic rings. The number of hydrogen-bond donors (Lipinski definition) is 2. The Morgan fingerprint density at radius 1 is 1.07 bits per heavy atom. The lowest BCUT2D eigenvalue weighted by molar-refractivity contribution is 0.310. The van der Waals surface area contributed by atoms with Crippen molar-refractivity contribution in [2.75, 3.05) is 0 Å². The number of fused-ring (bicyclic) bond motifs is 2. The van der Waals surface area contributed by atoms with Gasteiger partial charge in [-0.2, -0.15) is 15.8 Å². The second-order valence-corrected chi connectivity index (χ2v) is 7.33. The summed E-state index contributed by atoms with van der Waals surface area (Å²) in [5.74, 6) is -0.847. The van der Waals surface area contributed by atoms with E-state index < -0.39 is 11.3 Å². The summed E-state index contributed by atoms with van der Waals surface area (Å²) in [6.07, 6.45) is 4.43. The van der Waals surface area contributed by atoms with Crippen molar-refractivity contribution in [3.8, 4) is 24.0 Å². The molecule has 2 aliphatic carbocycles. The number of allylic oxidation sites excluding steroid dienone is 4. The Morgan fingerprint density at radius 3 is 2.54 bits per heavy atom. The highest BCUT2D eigenvalue weighted by atomic mass is 16.3. The van der Waals surface area contributed by atoms with Gasteiger partial charge in [0.2, 0.25) is 0 Å². The van der Waals surface area contributed by atoms with Crippen LogP contribution in [0.5, 0.6) is 5.75 Å². The van der Waals surface area contributed by atoms with Gasteiger partial charge in [0.15, 0.2) is 5.41 Å². The molecule has 2 atom stereocenters. The first-order valence-corrected chi connectivity index (χ1v) is 9.23. The largest absolute Gasteiger partial charge is 0.508 e. The molecular weight excluding hydrogens is 348 g/mol. The van der Waals surface area contributed by atoms with E-state index in [1.165, 1.54) is 0 Å². The van der Waals surface area contributed by atoms with E-state index in [1.54, 1.807) is 6.07 Å². The molecule has 0 heterocycles. The zero-order valence-corrected chi connectivity index (χ0v) is 15.2. The molecular formula is C23H18N4O. The zero-order valence-electron chi connectivity index (χ0n) is 15.2. The SMILES string of the molecule is N#CC1=C(N)C(C#N)(C#N)[C@@H](c2c(O)ccc3ccccc23)[C@@H]2CCCC=C12. The molecule has 0 bridgehead atoms. The molecule has 136 valence electrons. The van der Waals surface area contributed by atoms with Crippen LogP contribution in [0.25, 0.3) is 10.8 Å². The number of rotatable bonds is 1. The van der Waals surface area contributed by atoms with Crippen LogP contribution in [0.15, 0.2) is 59.3 Å². The number of nitrogens with two attached hydrogens (primary N) is 1. The minimum Gasteiger partial charge on any atom is -0.508 e. The van der Waals surface area contributed by atoms with Gasteiger partial charge in [-0.3, -0.25) is 0 Å². The molecule has 5 heteroatoms. The van der Waals surface area contributed by atoms with Crippen LogP contribution >= 0.6 is 0 Å².